The van der Waals surface area contributed by atoms with Crippen molar-refractivity contribution in [3.8, 4) is 11.1 Å². The highest BCUT2D eigenvalue weighted by molar-refractivity contribution is 7.94. The molecule has 0 aliphatic carbocycles. The summed E-state index contributed by atoms with van der Waals surface area (Å²) >= 11 is 1.20. The number of aromatic amines is 1. The zero-order chi connectivity index (χ0) is 27.0. The van der Waals surface area contributed by atoms with Gasteiger partial charge in [-0.25, -0.2) is 13.4 Å². The lowest BCUT2D eigenvalue weighted by molar-refractivity contribution is 0.0786. The van der Waals surface area contributed by atoms with E-state index < -0.39 is 10.0 Å². The Bertz CT molecular complexity index is 1710. The summed E-state index contributed by atoms with van der Waals surface area (Å²) in [6, 6.07) is 18.4. The number of pyridine rings is 1. The second-order valence-electron chi connectivity index (χ2n) is 9.49. The van der Waals surface area contributed by atoms with Gasteiger partial charge in [0.05, 0.1) is 5.69 Å². The third-order valence-electron chi connectivity index (χ3n) is 6.60. The fourth-order valence-electron chi connectivity index (χ4n) is 4.28. The van der Waals surface area contributed by atoms with Crippen LogP contribution in [0.1, 0.15) is 10.4 Å². The monoisotopic (exact) mass is 547 g/mol. The van der Waals surface area contributed by atoms with Gasteiger partial charge in [0.1, 0.15) is 9.86 Å². The van der Waals surface area contributed by atoms with Crippen molar-refractivity contribution in [2.24, 2.45) is 0 Å². The molecule has 0 saturated carbocycles. The molecule has 0 aliphatic heterocycles. The number of H-pyrrole nitrogens is 1. The predicted molar refractivity (Wildman–Crippen MR) is 154 cm³/mol. The molecule has 3 heterocycles. The lowest BCUT2D eigenvalue weighted by Gasteiger charge is -2.19. The first-order valence-electron chi connectivity index (χ1n) is 12.1. The first kappa shape index (κ1) is 25.9. The number of likely N-dealkylation sites (N-methyl/N-ethyl adjacent to an activating group) is 2. The zero-order valence-electron chi connectivity index (χ0n) is 21.7. The molecule has 8 nitrogen and oxygen atoms in total. The third kappa shape index (κ3) is 4.90. The molecule has 1 amide bonds. The smallest absolute Gasteiger partial charge is 0.273 e. The number of benzene rings is 2. The second-order valence-corrected chi connectivity index (χ2v) is 12.6. The van der Waals surface area contributed by atoms with Crippen LogP contribution in [0.25, 0.3) is 33.1 Å². The van der Waals surface area contributed by atoms with Crippen LogP contribution in [0.4, 0.5) is 5.69 Å². The van der Waals surface area contributed by atoms with Gasteiger partial charge in [0.2, 0.25) is 0 Å². The Morgan fingerprint density at radius 2 is 1.68 bits per heavy atom. The molecule has 0 unspecified atom stereocenters. The van der Waals surface area contributed by atoms with Crippen molar-refractivity contribution in [2.75, 3.05) is 45.6 Å². The predicted octanol–water partition coefficient (Wildman–Crippen LogP) is 4.90. The van der Waals surface area contributed by atoms with Gasteiger partial charge in [0, 0.05) is 60.8 Å². The Balaban J connectivity index is 1.45. The van der Waals surface area contributed by atoms with Crippen LogP contribution in [0.2, 0.25) is 0 Å². The first-order chi connectivity index (χ1) is 18.1. The van der Waals surface area contributed by atoms with E-state index in [1.165, 1.54) is 15.6 Å². The quantitative estimate of drug-likeness (QED) is 0.298. The Kier molecular flexibility index (Phi) is 6.95. The van der Waals surface area contributed by atoms with Crippen LogP contribution >= 0.6 is 11.3 Å². The Morgan fingerprint density at radius 1 is 0.921 bits per heavy atom. The maximum absolute atomic E-state index is 13.0. The number of thiophene rings is 1. The van der Waals surface area contributed by atoms with Crippen molar-refractivity contribution in [1.82, 2.24) is 19.8 Å². The van der Waals surface area contributed by atoms with Crippen LogP contribution in [0.15, 0.2) is 76.4 Å². The van der Waals surface area contributed by atoms with Crippen molar-refractivity contribution in [1.29, 1.82) is 0 Å². The molecule has 2 aromatic carbocycles. The molecule has 1 N–H and O–H groups in total. The van der Waals surface area contributed by atoms with Crippen molar-refractivity contribution in [2.45, 2.75) is 4.21 Å². The molecule has 38 heavy (non-hydrogen) atoms. The molecule has 5 aromatic rings. The number of hydrogen-bond acceptors (Lipinski definition) is 6. The van der Waals surface area contributed by atoms with Crippen molar-refractivity contribution in [3.63, 3.8) is 0 Å². The highest BCUT2D eigenvalue weighted by Gasteiger charge is 2.23. The fourth-order valence-corrected chi connectivity index (χ4v) is 6.62. The number of aromatic nitrogens is 2. The molecule has 0 bridgehead atoms. The summed E-state index contributed by atoms with van der Waals surface area (Å²) in [6.07, 6.45) is 1.80. The summed E-state index contributed by atoms with van der Waals surface area (Å²) in [5, 5.41) is 3.53. The number of nitrogens with zero attached hydrogens (tertiary/aromatic N) is 4. The van der Waals surface area contributed by atoms with Gasteiger partial charge in [-0.15, -0.1) is 11.3 Å². The molecular formula is C28H29N5O3S2. The number of amides is 1. The molecule has 196 valence electrons. The number of anilines is 1. The van der Waals surface area contributed by atoms with Crippen LogP contribution < -0.4 is 4.31 Å². The largest absolute Gasteiger partial charge is 0.340 e. The van der Waals surface area contributed by atoms with Gasteiger partial charge in [-0.1, -0.05) is 18.2 Å². The van der Waals surface area contributed by atoms with E-state index in [1.54, 1.807) is 41.7 Å². The number of carbonyl (C=O) groups excluding carboxylic acids is 1. The summed E-state index contributed by atoms with van der Waals surface area (Å²) in [5.41, 5.74) is 4.64. The van der Waals surface area contributed by atoms with E-state index in [4.69, 9.17) is 0 Å². The van der Waals surface area contributed by atoms with Crippen molar-refractivity contribution in [3.05, 3.63) is 77.8 Å². The molecular weight excluding hydrogens is 518 g/mol. The van der Waals surface area contributed by atoms with Gasteiger partial charge in [0.15, 0.2) is 0 Å². The minimum absolute atomic E-state index is 0.0160. The van der Waals surface area contributed by atoms with Crippen LogP contribution in [-0.4, -0.2) is 75.4 Å². The maximum Gasteiger partial charge on any atom is 0.273 e. The van der Waals surface area contributed by atoms with Crippen LogP contribution in [0.3, 0.4) is 0 Å². The van der Waals surface area contributed by atoms with Crippen LogP contribution in [0, 0.1) is 0 Å². The highest BCUT2D eigenvalue weighted by atomic mass is 32.2. The van der Waals surface area contributed by atoms with Gasteiger partial charge < -0.3 is 14.8 Å². The highest BCUT2D eigenvalue weighted by Crippen LogP contribution is 2.33. The van der Waals surface area contributed by atoms with Crippen molar-refractivity contribution < 1.29 is 13.2 Å². The molecule has 0 aliphatic rings. The summed E-state index contributed by atoms with van der Waals surface area (Å²) < 4.78 is 27.7. The normalized spacial score (nSPS) is 11.9. The molecule has 0 atom stereocenters. The lowest BCUT2D eigenvalue weighted by atomic mass is 10.0. The minimum Gasteiger partial charge on any atom is -0.340 e. The molecule has 0 saturated heterocycles. The van der Waals surface area contributed by atoms with Gasteiger partial charge >= 0.3 is 0 Å². The third-order valence-corrected chi connectivity index (χ3v) is 9.76. The maximum atomic E-state index is 13.0. The number of rotatable bonds is 8. The molecule has 10 heteroatoms. The van der Waals surface area contributed by atoms with Crippen molar-refractivity contribution >= 4 is 54.9 Å². The summed E-state index contributed by atoms with van der Waals surface area (Å²) in [4.78, 5) is 24.5. The van der Waals surface area contributed by atoms with E-state index in [-0.39, 0.29) is 5.91 Å². The lowest BCUT2D eigenvalue weighted by Crippen LogP contribution is -2.33. The van der Waals surface area contributed by atoms with E-state index in [2.05, 4.69) is 9.97 Å². The van der Waals surface area contributed by atoms with Gasteiger partial charge in [-0.3, -0.25) is 9.10 Å². The second kappa shape index (κ2) is 10.2. The topological polar surface area (TPSA) is 89.6 Å². The standard InChI is InChI=1S/C28H29N5O3S2/c1-31(2)13-14-32(3)28(34)20-9-7-19(8-10-20)21-16-24-23-17-22(11-12-25(23)30-27(24)29-18-21)33(4)38(35,36)26-6-5-15-37-26/h5-12,15-18H,13-14H2,1-4H3,(H,29,30). The average Bonchev–Trinajstić information content (AvgIpc) is 3.59. The van der Waals surface area contributed by atoms with E-state index in [9.17, 15) is 13.2 Å². The minimum atomic E-state index is -3.64. The summed E-state index contributed by atoms with van der Waals surface area (Å²) in [5.74, 6) is -0.0160. The van der Waals surface area contributed by atoms with Gasteiger partial charge in [-0.05, 0) is 67.5 Å². The summed E-state index contributed by atoms with van der Waals surface area (Å²) in [7, 11) is 3.71. The van der Waals surface area contributed by atoms with Crippen LogP contribution in [0.5, 0.6) is 0 Å². The molecule has 0 spiro atoms. The van der Waals surface area contributed by atoms with E-state index in [0.717, 1.165) is 39.6 Å². The Morgan fingerprint density at radius 3 is 2.37 bits per heavy atom. The molecule has 0 radical (unpaired) electrons. The van der Waals surface area contributed by atoms with Gasteiger partial charge in [-0.2, -0.15) is 0 Å². The van der Waals surface area contributed by atoms with E-state index in [0.29, 0.717) is 22.0 Å². The van der Waals surface area contributed by atoms with Gasteiger partial charge in [0.25, 0.3) is 15.9 Å². The number of fused-ring (bicyclic) bond motifs is 3. The van der Waals surface area contributed by atoms with Crippen LogP contribution in [-0.2, 0) is 10.0 Å². The first-order valence-corrected chi connectivity index (χ1v) is 14.4. The zero-order valence-corrected chi connectivity index (χ0v) is 23.3. The Hall–Kier alpha value is -3.73. The molecule has 3 aromatic heterocycles. The number of nitrogens with one attached hydrogen (secondary N) is 1. The summed E-state index contributed by atoms with van der Waals surface area (Å²) in [6.45, 7) is 1.45. The van der Waals surface area contributed by atoms with E-state index >= 15 is 0 Å². The number of hydrogen-bond donors (Lipinski definition) is 1. The van der Waals surface area contributed by atoms with E-state index in [1.807, 2.05) is 68.5 Å². The average molecular weight is 548 g/mol. The Labute approximate surface area is 226 Å². The molecule has 5 rings (SSSR count). The molecule has 0 fully saturated rings. The fraction of sp³-hybridized carbons (Fsp3) is 0.214. The number of sulfonamides is 1. The number of carbonyl (C=O) groups is 1. The SMILES string of the molecule is CN(C)CCN(C)C(=O)c1ccc(-c2cnc3[nH]c4ccc(N(C)S(=O)(=O)c5cccs5)cc4c3c2)cc1.